The highest BCUT2D eigenvalue weighted by molar-refractivity contribution is 5.94. The van der Waals surface area contributed by atoms with Crippen molar-refractivity contribution in [1.29, 1.82) is 0 Å². The van der Waals surface area contributed by atoms with E-state index in [0.717, 1.165) is 18.5 Å². The first-order chi connectivity index (χ1) is 13.7. The summed E-state index contributed by atoms with van der Waals surface area (Å²) in [4.78, 5) is 22.8. The van der Waals surface area contributed by atoms with E-state index in [1.807, 2.05) is 58.3 Å². The third kappa shape index (κ3) is 3.98. The number of aromatic nitrogens is 3. The molecule has 1 amide bonds. The Labute approximate surface area is 163 Å². The second-order valence-corrected chi connectivity index (χ2v) is 6.63. The first kappa shape index (κ1) is 18.0. The van der Waals surface area contributed by atoms with Gasteiger partial charge in [-0.3, -0.25) is 4.79 Å². The smallest absolute Gasteiger partial charge is 0.319 e. The Morgan fingerprint density at radius 2 is 1.79 bits per heavy atom. The number of likely N-dealkylation sites (tertiary alicyclic amines) is 1. The molecule has 7 nitrogen and oxygen atoms in total. The van der Waals surface area contributed by atoms with Crippen LogP contribution in [0.5, 0.6) is 11.9 Å². The number of hydrogen-bond acceptors (Lipinski definition) is 5. The van der Waals surface area contributed by atoms with Crippen LogP contribution in [0.4, 0.5) is 0 Å². The molecule has 1 saturated heterocycles. The summed E-state index contributed by atoms with van der Waals surface area (Å²) in [5.41, 5.74) is 1.74. The van der Waals surface area contributed by atoms with Crippen molar-refractivity contribution in [3.63, 3.8) is 0 Å². The van der Waals surface area contributed by atoms with Gasteiger partial charge in [0, 0.05) is 61.8 Å². The molecule has 3 heterocycles. The largest absolute Gasteiger partial charge is 0.474 e. The second-order valence-electron chi connectivity index (χ2n) is 6.63. The fourth-order valence-electron chi connectivity index (χ4n) is 3.30. The zero-order valence-electron chi connectivity index (χ0n) is 15.7. The summed E-state index contributed by atoms with van der Waals surface area (Å²) < 4.78 is 12.9. The lowest BCUT2D eigenvalue weighted by Gasteiger charge is -2.32. The van der Waals surface area contributed by atoms with Gasteiger partial charge < -0.3 is 18.9 Å². The molecular formula is C21H22N4O3. The van der Waals surface area contributed by atoms with Crippen molar-refractivity contribution in [2.24, 2.45) is 0 Å². The molecule has 0 radical (unpaired) electrons. The number of carbonyl (C=O) groups excluding carboxylic acids is 1. The van der Waals surface area contributed by atoms with Gasteiger partial charge in [0.25, 0.3) is 5.91 Å². The van der Waals surface area contributed by atoms with Gasteiger partial charge in [0.05, 0.1) is 7.11 Å². The highest BCUT2D eigenvalue weighted by Gasteiger charge is 2.25. The molecule has 1 aliphatic heterocycles. The van der Waals surface area contributed by atoms with Gasteiger partial charge in [-0.2, -0.15) is 4.98 Å². The first-order valence-corrected chi connectivity index (χ1v) is 9.29. The van der Waals surface area contributed by atoms with Crippen LogP contribution in [0.1, 0.15) is 23.2 Å². The molecule has 0 N–H and O–H groups in total. The van der Waals surface area contributed by atoms with Crippen LogP contribution in [0.25, 0.3) is 5.69 Å². The Hall–Kier alpha value is -3.35. The van der Waals surface area contributed by atoms with Gasteiger partial charge in [0.1, 0.15) is 6.10 Å². The van der Waals surface area contributed by atoms with Crippen LogP contribution in [0.2, 0.25) is 0 Å². The van der Waals surface area contributed by atoms with E-state index in [1.165, 1.54) is 7.11 Å². The first-order valence-electron chi connectivity index (χ1n) is 9.29. The Bertz CT molecular complexity index is 917. The minimum absolute atomic E-state index is 0.0276. The number of methoxy groups -OCH3 is 1. The molecular weight excluding hydrogens is 356 g/mol. The molecule has 0 unspecified atom stereocenters. The fraction of sp³-hybridized carbons (Fsp3) is 0.286. The summed E-state index contributed by atoms with van der Waals surface area (Å²) in [6, 6.07) is 13.6. The van der Waals surface area contributed by atoms with Gasteiger partial charge >= 0.3 is 6.01 Å². The topological polar surface area (TPSA) is 69.5 Å². The van der Waals surface area contributed by atoms with Crippen LogP contribution >= 0.6 is 0 Å². The number of hydrogen-bond donors (Lipinski definition) is 0. The minimum Gasteiger partial charge on any atom is -0.474 e. The average molecular weight is 378 g/mol. The van der Waals surface area contributed by atoms with E-state index in [9.17, 15) is 4.79 Å². The summed E-state index contributed by atoms with van der Waals surface area (Å²) in [6.45, 7) is 1.32. The fourth-order valence-corrected chi connectivity index (χ4v) is 3.30. The van der Waals surface area contributed by atoms with Gasteiger partial charge in [-0.25, -0.2) is 4.98 Å². The number of amides is 1. The quantitative estimate of drug-likeness (QED) is 0.683. The monoisotopic (exact) mass is 378 g/mol. The van der Waals surface area contributed by atoms with E-state index in [-0.39, 0.29) is 18.0 Å². The maximum Gasteiger partial charge on any atom is 0.319 e. The highest BCUT2D eigenvalue weighted by Crippen LogP contribution is 2.20. The summed E-state index contributed by atoms with van der Waals surface area (Å²) in [6.07, 6.45) is 7.12. The van der Waals surface area contributed by atoms with Crippen LogP contribution in [0, 0.1) is 0 Å². The highest BCUT2D eigenvalue weighted by atomic mass is 16.5. The molecule has 144 valence electrons. The Morgan fingerprint density at radius 3 is 2.46 bits per heavy atom. The van der Waals surface area contributed by atoms with Crippen molar-refractivity contribution in [2.45, 2.75) is 18.9 Å². The van der Waals surface area contributed by atoms with Gasteiger partial charge in [0.15, 0.2) is 0 Å². The predicted molar refractivity (Wildman–Crippen MR) is 104 cm³/mol. The zero-order valence-corrected chi connectivity index (χ0v) is 15.7. The van der Waals surface area contributed by atoms with E-state index in [0.29, 0.717) is 24.5 Å². The zero-order chi connectivity index (χ0) is 19.3. The average Bonchev–Trinajstić information content (AvgIpc) is 3.29. The van der Waals surface area contributed by atoms with Crippen molar-refractivity contribution >= 4 is 5.91 Å². The molecule has 0 bridgehead atoms. The second kappa shape index (κ2) is 8.12. The number of benzene rings is 1. The van der Waals surface area contributed by atoms with Crippen molar-refractivity contribution in [3.8, 4) is 17.6 Å². The van der Waals surface area contributed by atoms with E-state index in [2.05, 4.69) is 9.97 Å². The third-order valence-corrected chi connectivity index (χ3v) is 4.82. The van der Waals surface area contributed by atoms with Crippen molar-refractivity contribution in [3.05, 3.63) is 66.6 Å². The van der Waals surface area contributed by atoms with Crippen LogP contribution in [-0.4, -0.2) is 51.6 Å². The maximum atomic E-state index is 12.8. The standard InChI is InChI=1S/C21H22N4O3/c1-27-21-22-11-8-19(23-21)28-18-9-14-25(15-10-18)20(26)16-4-6-17(7-5-16)24-12-2-3-13-24/h2-8,11-13,18H,9-10,14-15H2,1H3. The predicted octanol–water partition coefficient (Wildman–Crippen LogP) is 2.96. The van der Waals surface area contributed by atoms with E-state index in [4.69, 9.17) is 9.47 Å². The van der Waals surface area contributed by atoms with Crippen molar-refractivity contribution in [2.75, 3.05) is 20.2 Å². The lowest BCUT2D eigenvalue weighted by atomic mass is 10.1. The summed E-state index contributed by atoms with van der Waals surface area (Å²) in [7, 11) is 1.52. The molecule has 1 aliphatic rings. The number of nitrogens with zero attached hydrogens (tertiary/aromatic N) is 4. The maximum absolute atomic E-state index is 12.8. The number of ether oxygens (including phenoxy) is 2. The van der Waals surface area contributed by atoms with Crippen molar-refractivity contribution in [1.82, 2.24) is 19.4 Å². The molecule has 3 aromatic rings. The van der Waals surface area contributed by atoms with Crippen LogP contribution < -0.4 is 9.47 Å². The molecule has 0 spiro atoms. The SMILES string of the molecule is COc1nccc(OC2CCN(C(=O)c3ccc(-n4cccc4)cc3)CC2)n1. The van der Waals surface area contributed by atoms with E-state index >= 15 is 0 Å². The Kier molecular flexibility index (Phi) is 5.23. The molecule has 28 heavy (non-hydrogen) atoms. The van der Waals surface area contributed by atoms with Crippen LogP contribution in [-0.2, 0) is 0 Å². The molecule has 0 saturated carbocycles. The van der Waals surface area contributed by atoms with Gasteiger partial charge in [-0.1, -0.05) is 0 Å². The van der Waals surface area contributed by atoms with Gasteiger partial charge in [-0.15, -0.1) is 0 Å². The van der Waals surface area contributed by atoms with Crippen LogP contribution in [0.15, 0.2) is 61.1 Å². The molecule has 1 fully saturated rings. The Balaban J connectivity index is 1.33. The number of rotatable bonds is 5. The minimum atomic E-state index is 0.0276. The lowest BCUT2D eigenvalue weighted by Crippen LogP contribution is -2.41. The van der Waals surface area contributed by atoms with Crippen LogP contribution in [0.3, 0.4) is 0 Å². The summed E-state index contributed by atoms with van der Waals surface area (Å²) in [5.74, 6) is 0.554. The molecule has 4 rings (SSSR count). The summed E-state index contributed by atoms with van der Waals surface area (Å²) in [5, 5.41) is 0. The third-order valence-electron chi connectivity index (χ3n) is 4.82. The molecule has 7 heteroatoms. The van der Waals surface area contributed by atoms with Gasteiger partial charge in [-0.05, 0) is 36.4 Å². The molecule has 0 aliphatic carbocycles. The molecule has 0 atom stereocenters. The molecule has 2 aromatic heterocycles. The van der Waals surface area contributed by atoms with E-state index < -0.39 is 0 Å². The normalized spacial score (nSPS) is 14.7. The van der Waals surface area contributed by atoms with Gasteiger partial charge in [0.2, 0.25) is 5.88 Å². The van der Waals surface area contributed by atoms with E-state index in [1.54, 1.807) is 12.3 Å². The van der Waals surface area contributed by atoms with Crippen molar-refractivity contribution < 1.29 is 14.3 Å². The number of piperidine rings is 1. The summed E-state index contributed by atoms with van der Waals surface area (Å²) >= 11 is 0. The number of carbonyl (C=O) groups is 1. The Morgan fingerprint density at radius 1 is 1.07 bits per heavy atom. The lowest BCUT2D eigenvalue weighted by molar-refractivity contribution is 0.0586. The molecule has 1 aromatic carbocycles.